The molecule has 1 fully saturated rings. The Hall–Kier alpha value is -2.30. The standard InChI is InChI=1S/C26H32ClN3O/c1-2-19-7-6-8-22-24(18-29-26(19)22)23(20-9-11-21(27)12-10-20)17-25(31)28-13-16-30-14-4-3-5-15-30/h6-12,18,23,29H,2-5,13-17H2,1H3,(H,28,31)/t23-/m1/s1. The summed E-state index contributed by atoms with van der Waals surface area (Å²) in [7, 11) is 0. The number of carbonyl (C=O) groups excluding carboxylic acids is 1. The molecule has 2 aromatic carbocycles. The van der Waals surface area contributed by atoms with Gasteiger partial charge in [-0.05, 0) is 61.2 Å². The van der Waals surface area contributed by atoms with E-state index < -0.39 is 0 Å². The molecule has 0 spiro atoms. The topological polar surface area (TPSA) is 48.1 Å². The predicted molar refractivity (Wildman–Crippen MR) is 129 cm³/mol. The zero-order valence-corrected chi connectivity index (χ0v) is 19.0. The SMILES string of the molecule is CCc1cccc2c([C@H](CC(=O)NCCN3CCCCC3)c3ccc(Cl)cc3)c[nH]c12. The minimum Gasteiger partial charge on any atom is -0.361 e. The van der Waals surface area contributed by atoms with E-state index in [1.807, 2.05) is 24.3 Å². The maximum Gasteiger partial charge on any atom is 0.220 e. The quantitative estimate of drug-likeness (QED) is 0.488. The smallest absolute Gasteiger partial charge is 0.220 e. The summed E-state index contributed by atoms with van der Waals surface area (Å²) >= 11 is 6.13. The van der Waals surface area contributed by atoms with Crippen LogP contribution in [0.3, 0.4) is 0 Å². The molecule has 0 radical (unpaired) electrons. The van der Waals surface area contributed by atoms with Gasteiger partial charge in [-0.1, -0.05) is 55.3 Å². The molecule has 2 heterocycles. The van der Waals surface area contributed by atoms with Gasteiger partial charge >= 0.3 is 0 Å². The third-order valence-electron chi connectivity index (χ3n) is 6.45. The van der Waals surface area contributed by atoms with Crippen molar-refractivity contribution in [2.24, 2.45) is 0 Å². The van der Waals surface area contributed by atoms with Crippen molar-refractivity contribution in [3.63, 3.8) is 0 Å². The molecule has 4 rings (SSSR count). The summed E-state index contributed by atoms with van der Waals surface area (Å²) in [5, 5.41) is 5.06. The molecule has 164 valence electrons. The highest BCUT2D eigenvalue weighted by Gasteiger charge is 2.22. The molecule has 0 aliphatic carbocycles. The van der Waals surface area contributed by atoms with Crippen LogP contribution in [0.25, 0.3) is 10.9 Å². The van der Waals surface area contributed by atoms with Crippen molar-refractivity contribution >= 4 is 28.4 Å². The van der Waals surface area contributed by atoms with E-state index in [-0.39, 0.29) is 11.8 Å². The maximum absolute atomic E-state index is 12.9. The van der Waals surface area contributed by atoms with E-state index in [1.54, 1.807) is 0 Å². The van der Waals surface area contributed by atoms with Gasteiger partial charge in [-0.2, -0.15) is 0 Å². The van der Waals surface area contributed by atoms with Crippen molar-refractivity contribution in [2.75, 3.05) is 26.2 Å². The molecule has 0 saturated carbocycles. The lowest BCUT2D eigenvalue weighted by Crippen LogP contribution is -2.38. The monoisotopic (exact) mass is 437 g/mol. The second-order valence-corrected chi connectivity index (χ2v) is 8.93. The molecule has 1 aliphatic heterocycles. The number of para-hydroxylation sites is 1. The lowest BCUT2D eigenvalue weighted by atomic mass is 9.87. The molecule has 2 N–H and O–H groups in total. The highest BCUT2D eigenvalue weighted by Crippen LogP contribution is 2.35. The van der Waals surface area contributed by atoms with E-state index in [0.29, 0.717) is 18.0 Å². The number of amides is 1. The summed E-state index contributed by atoms with van der Waals surface area (Å²) in [6, 6.07) is 14.3. The summed E-state index contributed by atoms with van der Waals surface area (Å²) in [5.41, 5.74) is 4.74. The number of carbonyl (C=O) groups is 1. The summed E-state index contributed by atoms with van der Waals surface area (Å²) in [5.74, 6) is 0.0751. The first-order chi connectivity index (χ1) is 15.2. The highest BCUT2D eigenvalue weighted by atomic mass is 35.5. The van der Waals surface area contributed by atoms with E-state index in [0.717, 1.165) is 31.6 Å². The molecule has 1 atom stereocenters. The number of halogens is 1. The molecule has 0 unspecified atom stereocenters. The van der Waals surface area contributed by atoms with Crippen molar-refractivity contribution in [1.82, 2.24) is 15.2 Å². The Bertz CT molecular complexity index is 1010. The number of fused-ring (bicyclic) bond motifs is 1. The van der Waals surface area contributed by atoms with Crippen LogP contribution in [0.15, 0.2) is 48.7 Å². The van der Waals surface area contributed by atoms with Crippen LogP contribution >= 0.6 is 11.6 Å². The second kappa shape index (κ2) is 10.3. The van der Waals surface area contributed by atoms with Gasteiger partial charge in [-0.25, -0.2) is 0 Å². The highest BCUT2D eigenvalue weighted by molar-refractivity contribution is 6.30. The van der Waals surface area contributed by atoms with Crippen molar-refractivity contribution in [1.29, 1.82) is 0 Å². The number of hydrogen-bond acceptors (Lipinski definition) is 2. The first kappa shape index (κ1) is 21.9. The third-order valence-corrected chi connectivity index (χ3v) is 6.70. The predicted octanol–water partition coefficient (Wildman–Crippen LogP) is 5.51. The molecule has 1 aromatic heterocycles. The number of H-pyrrole nitrogens is 1. The summed E-state index contributed by atoms with van der Waals surface area (Å²) < 4.78 is 0. The Morgan fingerprint density at radius 2 is 1.90 bits per heavy atom. The van der Waals surface area contributed by atoms with Crippen molar-refractivity contribution in [3.05, 3.63) is 70.4 Å². The van der Waals surface area contributed by atoms with Crippen LogP contribution < -0.4 is 5.32 Å². The van der Waals surface area contributed by atoms with Crippen LogP contribution in [0.4, 0.5) is 0 Å². The number of aryl methyl sites for hydroxylation is 1. The van der Waals surface area contributed by atoms with E-state index in [2.05, 4.69) is 46.5 Å². The van der Waals surface area contributed by atoms with E-state index in [4.69, 9.17) is 11.6 Å². The molecule has 3 aromatic rings. The lowest BCUT2D eigenvalue weighted by molar-refractivity contribution is -0.121. The van der Waals surface area contributed by atoms with Crippen LogP contribution in [-0.4, -0.2) is 42.0 Å². The Balaban J connectivity index is 1.52. The number of nitrogens with zero attached hydrogens (tertiary/aromatic N) is 1. The first-order valence-corrected chi connectivity index (χ1v) is 11.9. The summed E-state index contributed by atoms with van der Waals surface area (Å²) in [4.78, 5) is 18.8. The molecular weight excluding hydrogens is 406 g/mol. The van der Waals surface area contributed by atoms with Crippen molar-refractivity contribution in [3.8, 4) is 0 Å². The average Bonchev–Trinajstić information content (AvgIpc) is 3.23. The molecule has 1 amide bonds. The van der Waals surface area contributed by atoms with Gasteiger partial charge in [0.25, 0.3) is 0 Å². The van der Waals surface area contributed by atoms with Gasteiger partial charge in [0.1, 0.15) is 0 Å². The Morgan fingerprint density at radius 3 is 2.65 bits per heavy atom. The fraction of sp³-hybridized carbons (Fsp3) is 0.423. The maximum atomic E-state index is 12.9. The van der Waals surface area contributed by atoms with Crippen molar-refractivity contribution < 1.29 is 4.79 Å². The molecular formula is C26H32ClN3O. The summed E-state index contributed by atoms with van der Waals surface area (Å²) in [6.07, 6.45) is 7.34. The second-order valence-electron chi connectivity index (χ2n) is 8.50. The van der Waals surface area contributed by atoms with Crippen molar-refractivity contribution in [2.45, 2.75) is 44.9 Å². The first-order valence-electron chi connectivity index (χ1n) is 11.5. The minimum absolute atomic E-state index is 0.0203. The van der Waals surface area contributed by atoms with Crippen LogP contribution in [0.1, 0.15) is 55.2 Å². The largest absolute Gasteiger partial charge is 0.361 e. The Labute approximate surface area is 190 Å². The zero-order chi connectivity index (χ0) is 21.6. The number of piperidine rings is 1. The number of aromatic amines is 1. The van der Waals surface area contributed by atoms with Crippen LogP contribution in [0.5, 0.6) is 0 Å². The van der Waals surface area contributed by atoms with Crippen LogP contribution in [-0.2, 0) is 11.2 Å². The molecule has 1 aliphatic rings. The number of hydrogen-bond donors (Lipinski definition) is 2. The lowest BCUT2D eigenvalue weighted by Gasteiger charge is -2.26. The molecule has 4 nitrogen and oxygen atoms in total. The van der Waals surface area contributed by atoms with Gasteiger partial charge in [0.2, 0.25) is 5.91 Å². The molecule has 0 bridgehead atoms. The van der Waals surface area contributed by atoms with Gasteiger partial charge in [0.05, 0.1) is 0 Å². The number of benzene rings is 2. The van der Waals surface area contributed by atoms with Crippen LogP contribution in [0.2, 0.25) is 5.02 Å². The Kier molecular flexibility index (Phi) is 7.31. The number of likely N-dealkylation sites (tertiary alicyclic amines) is 1. The minimum atomic E-state index is -0.0203. The number of aromatic nitrogens is 1. The molecule has 1 saturated heterocycles. The molecule has 31 heavy (non-hydrogen) atoms. The molecule has 5 heteroatoms. The third kappa shape index (κ3) is 5.31. The Morgan fingerprint density at radius 1 is 1.13 bits per heavy atom. The van der Waals surface area contributed by atoms with E-state index >= 15 is 0 Å². The average molecular weight is 438 g/mol. The van der Waals surface area contributed by atoms with Gasteiger partial charge in [0, 0.05) is 47.6 Å². The van der Waals surface area contributed by atoms with E-state index in [9.17, 15) is 4.79 Å². The van der Waals surface area contributed by atoms with Gasteiger partial charge < -0.3 is 15.2 Å². The summed E-state index contributed by atoms with van der Waals surface area (Å²) in [6.45, 7) is 6.11. The number of rotatable bonds is 8. The zero-order valence-electron chi connectivity index (χ0n) is 18.3. The normalized spacial score (nSPS) is 15.8. The fourth-order valence-corrected chi connectivity index (χ4v) is 4.84. The fourth-order valence-electron chi connectivity index (χ4n) is 4.72. The van der Waals surface area contributed by atoms with Gasteiger partial charge in [-0.15, -0.1) is 0 Å². The van der Waals surface area contributed by atoms with Gasteiger partial charge in [-0.3, -0.25) is 4.79 Å². The van der Waals surface area contributed by atoms with Crippen LogP contribution in [0, 0.1) is 0 Å². The van der Waals surface area contributed by atoms with E-state index in [1.165, 1.54) is 41.3 Å². The number of nitrogens with one attached hydrogen (secondary N) is 2. The van der Waals surface area contributed by atoms with Gasteiger partial charge in [0.15, 0.2) is 0 Å².